The summed E-state index contributed by atoms with van der Waals surface area (Å²) in [6.45, 7) is 1.18. The molecule has 4 nitrogen and oxygen atoms in total. The van der Waals surface area contributed by atoms with E-state index < -0.39 is 0 Å². The van der Waals surface area contributed by atoms with E-state index in [0.717, 1.165) is 23.2 Å². The van der Waals surface area contributed by atoms with Gasteiger partial charge in [-0.25, -0.2) is 4.39 Å². The van der Waals surface area contributed by atoms with Gasteiger partial charge in [0, 0.05) is 30.0 Å². The highest BCUT2D eigenvalue weighted by Gasteiger charge is 2.07. The standard InChI is InChI=1S/C22H21ClFN3O/c23-18-3-1-2-17(14-18)9-12-27-22(28)21-15-20(10-13-26-21)25-11-8-16-4-6-19(24)7-5-16/h1-7,10,13-15H,8-9,11-12H2,(H,25,26)(H,27,28). The van der Waals surface area contributed by atoms with Crippen LogP contribution in [0.5, 0.6) is 0 Å². The molecule has 2 N–H and O–H groups in total. The average Bonchev–Trinajstić information content (AvgIpc) is 2.70. The summed E-state index contributed by atoms with van der Waals surface area (Å²) in [5.41, 5.74) is 3.29. The smallest absolute Gasteiger partial charge is 0.269 e. The lowest BCUT2D eigenvalue weighted by molar-refractivity contribution is 0.0949. The highest BCUT2D eigenvalue weighted by molar-refractivity contribution is 6.30. The number of rotatable bonds is 8. The van der Waals surface area contributed by atoms with Gasteiger partial charge in [-0.3, -0.25) is 9.78 Å². The molecule has 0 aliphatic carbocycles. The van der Waals surface area contributed by atoms with Crippen LogP contribution in [-0.4, -0.2) is 24.0 Å². The Morgan fingerprint density at radius 1 is 0.964 bits per heavy atom. The summed E-state index contributed by atoms with van der Waals surface area (Å²) in [6.07, 6.45) is 3.05. The van der Waals surface area contributed by atoms with E-state index >= 15 is 0 Å². The molecule has 0 atom stereocenters. The third-order valence-corrected chi connectivity index (χ3v) is 4.47. The van der Waals surface area contributed by atoms with Crippen LogP contribution in [0.1, 0.15) is 21.6 Å². The molecule has 0 saturated carbocycles. The summed E-state index contributed by atoms with van der Waals surface area (Å²) in [5, 5.41) is 6.82. The number of pyridine rings is 1. The van der Waals surface area contributed by atoms with Gasteiger partial charge in [-0.2, -0.15) is 0 Å². The second-order valence-electron chi connectivity index (χ2n) is 6.37. The molecule has 28 heavy (non-hydrogen) atoms. The highest BCUT2D eigenvalue weighted by Crippen LogP contribution is 2.11. The van der Waals surface area contributed by atoms with Crippen LogP contribution in [0.25, 0.3) is 0 Å². The second-order valence-corrected chi connectivity index (χ2v) is 6.81. The Kier molecular flexibility index (Phi) is 6.98. The predicted molar refractivity (Wildman–Crippen MR) is 110 cm³/mol. The SMILES string of the molecule is O=C(NCCc1cccc(Cl)c1)c1cc(NCCc2ccc(F)cc2)ccn1. The van der Waals surface area contributed by atoms with Gasteiger partial charge in [0.2, 0.25) is 0 Å². The number of amides is 1. The summed E-state index contributed by atoms with van der Waals surface area (Å²) in [6, 6.07) is 17.5. The van der Waals surface area contributed by atoms with Gasteiger partial charge in [0.1, 0.15) is 11.5 Å². The minimum Gasteiger partial charge on any atom is -0.385 e. The van der Waals surface area contributed by atoms with E-state index in [1.165, 1.54) is 12.1 Å². The first-order valence-corrected chi connectivity index (χ1v) is 9.45. The lowest BCUT2D eigenvalue weighted by Crippen LogP contribution is -2.26. The Morgan fingerprint density at radius 3 is 2.54 bits per heavy atom. The molecule has 3 aromatic rings. The van der Waals surface area contributed by atoms with Gasteiger partial charge < -0.3 is 10.6 Å². The molecule has 0 aliphatic rings. The molecule has 2 aromatic carbocycles. The maximum Gasteiger partial charge on any atom is 0.269 e. The molecule has 0 aliphatic heterocycles. The first-order valence-electron chi connectivity index (χ1n) is 9.07. The lowest BCUT2D eigenvalue weighted by Gasteiger charge is -2.09. The minimum absolute atomic E-state index is 0.218. The van der Waals surface area contributed by atoms with E-state index in [1.807, 2.05) is 30.3 Å². The maximum atomic E-state index is 12.9. The summed E-state index contributed by atoms with van der Waals surface area (Å²) in [5.74, 6) is -0.457. The van der Waals surface area contributed by atoms with Crippen LogP contribution in [0.3, 0.4) is 0 Å². The van der Waals surface area contributed by atoms with Crippen molar-refractivity contribution in [1.29, 1.82) is 0 Å². The average molecular weight is 398 g/mol. The number of carbonyl (C=O) groups is 1. The fourth-order valence-corrected chi connectivity index (χ4v) is 2.98. The van der Waals surface area contributed by atoms with Crippen molar-refractivity contribution in [3.8, 4) is 0 Å². The third-order valence-electron chi connectivity index (χ3n) is 4.24. The molecule has 0 bridgehead atoms. The van der Waals surface area contributed by atoms with Gasteiger partial charge in [0.05, 0.1) is 0 Å². The zero-order valence-corrected chi connectivity index (χ0v) is 16.0. The fourth-order valence-electron chi connectivity index (χ4n) is 2.77. The molecule has 0 radical (unpaired) electrons. The van der Waals surface area contributed by atoms with Crippen LogP contribution in [0.4, 0.5) is 10.1 Å². The summed E-state index contributed by atoms with van der Waals surface area (Å²) < 4.78 is 12.9. The lowest BCUT2D eigenvalue weighted by atomic mass is 10.1. The van der Waals surface area contributed by atoms with Crippen molar-refractivity contribution in [3.05, 3.63) is 94.5 Å². The van der Waals surface area contributed by atoms with Crippen molar-refractivity contribution < 1.29 is 9.18 Å². The van der Waals surface area contributed by atoms with Crippen molar-refractivity contribution in [2.75, 3.05) is 18.4 Å². The fraction of sp³-hybridized carbons (Fsp3) is 0.182. The Labute approximate surface area is 168 Å². The molecule has 1 amide bonds. The van der Waals surface area contributed by atoms with Crippen LogP contribution in [0.15, 0.2) is 66.9 Å². The van der Waals surface area contributed by atoms with Crippen LogP contribution < -0.4 is 10.6 Å². The van der Waals surface area contributed by atoms with E-state index in [2.05, 4.69) is 15.6 Å². The minimum atomic E-state index is -0.239. The maximum absolute atomic E-state index is 12.9. The van der Waals surface area contributed by atoms with Gasteiger partial charge in [-0.05, 0) is 60.4 Å². The van der Waals surface area contributed by atoms with Crippen molar-refractivity contribution in [2.24, 2.45) is 0 Å². The van der Waals surface area contributed by atoms with Gasteiger partial charge in [-0.15, -0.1) is 0 Å². The first kappa shape index (κ1) is 19.8. The molecule has 144 valence electrons. The topological polar surface area (TPSA) is 54.0 Å². The number of nitrogens with one attached hydrogen (secondary N) is 2. The van der Waals surface area contributed by atoms with E-state index in [1.54, 1.807) is 24.4 Å². The van der Waals surface area contributed by atoms with Crippen LogP contribution in [-0.2, 0) is 12.8 Å². The second kappa shape index (κ2) is 9.85. The number of halogens is 2. The van der Waals surface area contributed by atoms with E-state index in [-0.39, 0.29) is 11.7 Å². The summed E-state index contributed by atoms with van der Waals surface area (Å²) in [4.78, 5) is 16.5. The van der Waals surface area contributed by atoms with E-state index in [4.69, 9.17) is 11.6 Å². The van der Waals surface area contributed by atoms with E-state index in [9.17, 15) is 9.18 Å². The molecule has 0 unspecified atom stereocenters. The van der Waals surface area contributed by atoms with Crippen molar-refractivity contribution >= 4 is 23.2 Å². The Hall–Kier alpha value is -2.92. The quantitative estimate of drug-likeness (QED) is 0.588. The van der Waals surface area contributed by atoms with Crippen LogP contribution >= 0.6 is 11.6 Å². The van der Waals surface area contributed by atoms with Crippen LogP contribution in [0.2, 0.25) is 5.02 Å². The Bertz CT molecular complexity index is 931. The number of aromatic nitrogens is 1. The number of anilines is 1. The molecular formula is C22H21ClFN3O. The number of hydrogen-bond acceptors (Lipinski definition) is 3. The van der Waals surface area contributed by atoms with E-state index in [0.29, 0.717) is 30.2 Å². The van der Waals surface area contributed by atoms with Crippen molar-refractivity contribution in [2.45, 2.75) is 12.8 Å². The highest BCUT2D eigenvalue weighted by atomic mass is 35.5. The molecular weight excluding hydrogens is 377 g/mol. The zero-order valence-electron chi connectivity index (χ0n) is 15.3. The zero-order chi connectivity index (χ0) is 19.8. The Balaban J connectivity index is 1.47. The van der Waals surface area contributed by atoms with Gasteiger partial charge in [-0.1, -0.05) is 35.9 Å². The monoisotopic (exact) mass is 397 g/mol. The Morgan fingerprint density at radius 2 is 1.75 bits per heavy atom. The van der Waals surface area contributed by atoms with Gasteiger partial charge in [0.25, 0.3) is 5.91 Å². The molecule has 0 spiro atoms. The number of nitrogens with zero attached hydrogens (tertiary/aromatic N) is 1. The third kappa shape index (κ3) is 6.06. The summed E-state index contributed by atoms with van der Waals surface area (Å²) in [7, 11) is 0. The first-order chi connectivity index (χ1) is 13.6. The van der Waals surface area contributed by atoms with Gasteiger partial charge in [0.15, 0.2) is 0 Å². The molecule has 1 aromatic heterocycles. The van der Waals surface area contributed by atoms with Crippen molar-refractivity contribution in [1.82, 2.24) is 10.3 Å². The van der Waals surface area contributed by atoms with Crippen LogP contribution in [0, 0.1) is 5.82 Å². The number of carbonyl (C=O) groups excluding carboxylic acids is 1. The molecule has 3 rings (SSSR count). The molecule has 1 heterocycles. The largest absolute Gasteiger partial charge is 0.385 e. The molecule has 0 saturated heterocycles. The normalized spacial score (nSPS) is 10.5. The summed E-state index contributed by atoms with van der Waals surface area (Å²) >= 11 is 5.97. The predicted octanol–water partition coefficient (Wildman–Crippen LogP) is 4.50. The van der Waals surface area contributed by atoms with Crippen molar-refractivity contribution in [3.63, 3.8) is 0 Å². The molecule has 6 heteroatoms. The van der Waals surface area contributed by atoms with Gasteiger partial charge >= 0.3 is 0 Å². The number of hydrogen-bond donors (Lipinski definition) is 2. The molecule has 0 fully saturated rings. The number of benzene rings is 2.